The summed E-state index contributed by atoms with van der Waals surface area (Å²) in [7, 11) is 0. The van der Waals surface area contributed by atoms with Crippen molar-refractivity contribution in [3.05, 3.63) is 12.2 Å². The molecule has 0 aliphatic heterocycles. The average Bonchev–Trinajstić information content (AvgIpc) is 1.78. The first-order valence-electron chi connectivity index (χ1n) is 4.34. The highest BCUT2D eigenvalue weighted by Gasteiger charge is 2.22. The molecule has 0 aliphatic rings. The van der Waals surface area contributed by atoms with Crippen molar-refractivity contribution in [2.24, 2.45) is 10.8 Å². The Morgan fingerprint density at radius 1 is 1.17 bits per heavy atom. The Balaban J connectivity index is 4.25. The van der Waals surface area contributed by atoms with Crippen LogP contribution in [0.4, 0.5) is 0 Å². The molecule has 0 spiro atoms. The van der Waals surface area contributed by atoms with Crippen molar-refractivity contribution in [1.29, 1.82) is 5.26 Å². The smallest absolute Gasteiger partial charge is 0.0908 e. The van der Waals surface area contributed by atoms with Crippen molar-refractivity contribution >= 4 is 0 Å². The minimum absolute atomic E-state index is 0.133. The monoisotopic (exact) mass is 165 g/mol. The van der Waals surface area contributed by atoms with Gasteiger partial charge in [-0.25, -0.2) is 0 Å². The van der Waals surface area contributed by atoms with Crippen molar-refractivity contribution in [2.45, 2.75) is 41.0 Å². The lowest BCUT2D eigenvalue weighted by atomic mass is 9.76. The summed E-state index contributed by atoms with van der Waals surface area (Å²) in [6, 6.07) is 2.03. The summed E-state index contributed by atoms with van der Waals surface area (Å²) in [5.74, 6) is 0. The molecule has 0 aromatic heterocycles. The van der Waals surface area contributed by atoms with Crippen LogP contribution in [0.15, 0.2) is 12.2 Å². The summed E-state index contributed by atoms with van der Waals surface area (Å²) in [5.41, 5.74) is 0.456. The molecule has 0 radical (unpaired) electrons. The van der Waals surface area contributed by atoms with Crippen LogP contribution in [0.25, 0.3) is 0 Å². The Kier molecular flexibility index (Phi) is 3.52. The van der Waals surface area contributed by atoms with Gasteiger partial charge in [-0.2, -0.15) is 5.26 Å². The van der Waals surface area contributed by atoms with E-state index in [1.54, 1.807) is 6.08 Å². The van der Waals surface area contributed by atoms with E-state index >= 15 is 0 Å². The van der Waals surface area contributed by atoms with Gasteiger partial charge in [-0.05, 0) is 17.3 Å². The molecule has 0 fully saturated rings. The van der Waals surface area contributed by atoms with Crippen molar-refractivity contribution in [3.8, 4) is 6.07 Å². The van der Waals surface area contributed by atoms with Crippen molar-refractivity contribution in [3.63, 3.8) is 0 Å². The minimum Gasteiger partial charge on any atom is -0.193 e. The number of rotatable bonds is 2. The summed E-state index contributed by atoms with van der Waals surface area (Å²) < 4.78 is 0. The Bertz CT molecular complexity index is 198. The topological polar surface area (TPSA) is 23.8 Å². The van der Waals surface area contributed by atoms with Crippen molar-refractivity contribution < 1.29 is 0 Å². The van der Waals surface area contributed by atoms with E-state index in [9.17, 15) is 0 Å². The van der Waals surface area contributed by atoms with E-state index in [1.807, 2.05) is 12.1 Å². The number of allylic oxidation sites excluding steroid dienone is 2. The van der Waals surface area contributed by atoms with E-state index < -0.39 is 0 Å². The van der Waals surface area contributed by atoms with Gasteiger partial charge in [0.15, 0.2) is 0 Å². The van der Waals surface area contributed by atoms with Crippen LogP contribution in [0, 0.1) is 22.2 Å². The molecule has 1 nitrogen and oxygen atoms in total. The van der Waals surface area contributed by atoms with E-state index in [2.05, 4.69) is 34.6 Å². The van der Waals surface area contributed by atoms with Crippen LogP contribution in [0.5, 0.6) is 0 Å². The fourth-order valence-corrected chi connectivity index (χ4v) is 1.69. The number of nitrogens with zero attached hydrogens (tertiary/aromatic N) is 1. The lowest BCUT2D eigenvalue weighted by Gasteiger charge is -2.29. The van der Waals surface area contributed by atoms with Gasteiger partial charge in [0.2, 0.25) is 0 Å². The summed E-state index contributed by atoms with van der Waals surface area (Å²) in [6.07, 6.45) is 4.65. The zero-order chi connectivity index (χ0) is 9.83. The minimum atomic E-state index is 0.133. The maximum Gasteiger partial charge on any atom is 0.0908 e. The number of hydrogen-bond donors (Lipinski definition) is 0. The van der Waals surface area contributed by atoms with Crippen LogP contribution >= 0.6 is 0 Å². The zero-order valence-corrected chi connectivity index (χ0v) is 8.81. The van der Waals surface area contributed by atoms with Crippen LogP contribution in [-0.4, -0.2) is 0 Å². The third-order valence-electron chi connectivity index (χ3n) is 1.59. The Labute approximate surface area is 76.1 Å². The maximum atomic E-state index is 8.39. The average molecular weight is 165 g/mol. The molecule has 12 heavy (non-hydrogen) atoms. The van der Waals surface area contributed by atoms with E-state index in [0.29, 0.717) is 5.41 Å². The van der Waals surface area contributed by atoms with E-state index in [-0.39, 0.29) is 5.41 Å². The molecule has 0 atom stereocenters. The normalized spacial score (nSPS) is 13.3. The third-order valence-corrected chi connectivity index (χ3v) is 1.59. The van der Waals surface area contributed by atoms with Gasteiger partial charge in [0.05, 0.1) is 6.07 Å². The van der Waals surface area contributed by atoms with Gasteiger partial charge in [-0.1, -0.05) is 40.7 Å². The quantitative estimate of drug-likeness (QED) is 0.574. The molecule has 0 aromatic carbocycles. The fourth-order valence-electron chi connectivity index (χ4n) is 1.69. The maximum absolute atomic E-state index is 8.39. The Hall–Kier alpha value is -0.770. The first-order valence-corrected chi connectivity index (χ1v) is 4.34. The van der Waals surface area contributed by atoms with Gasteiger partial charge < -0.3 is 0 Å². The summed E-state index contributed by atoms with van der Waals surface area (Å²) in [4.78, 5) is 0. The molecule has 0 amide bonds. The van der Waals surface area contributed by atoms with Gasteiger partial charge in [-0.3, -0.25) is 0 Å². The first kappa shape index (κ1) is 11.2. The van der Waals surface area contributed by atoms with Gasteiger partial charge >= 0.3 is 0 Å². The second-order valence-electron chi connectivity index (χ2n) is 5.19. The number of nitriles is 1. The van der Waals surface area contributed by atoms with Gasteiger partial charge in [0.25, 0.3) is 0 Å². The van der Waals surface area contributed by atoms with Crippen LogP contribution < -0.4 is 0 Å². The van der Waals surface area contributed by atoms with E-state index in [4.69, 9.17) is 5.26 Å². The highest BCUT2D eigenvalue weighted by Crippen LogP contribution is 2.33. The Morgan fingerprint density at radius 2 is 1.67 bits per heavy atom. The predicted octanol–water partition coefficient (Wildman–Crippen LogP) is 3.53. The van der Waals surface area contributed by atoms with Gasteiger partial charge in [-0.15, -0.1) is 0 Å². The summed E-state index contributed by atoms with van der Waals surface area (Å²) >= 11 is 0. The van der Waals surface area contributed by atoms with Crippen LogP contribution in [0.1, 0.15) is 41.0 Å². The van der Waals surface area contributed by atoms with Crippen LogP contribution in [0.2, 0.25) is 0 Å². The van der Waals surface area contributed by atoms with E-state index in [1.165, 1.54) is 0 Å². The van der Waals surface area contributed by atoms with Gasteiger partial charge in [0, 0.05) is 6.08 Å². The highest BCUT2D eigenvalue weighted by atomic mass is 14.3. The van der Waals surface area contributed by atoms with Crippen LogP contribution in [0.3, 0.4) is 0 Å². The van der Waals surface area contributed by atoms with Crippen LogP contribution in [-0.2, 0) is 0 Å². The highest BCUT2D eigenvalue weighted by molar-refractivity contribution is 5.07. The molecular weight excluding hydrogens is 146 g/mol. The molecular formula is C11H19N. The molecule has 0 saturated heterocycles. The molecule has 0 rings (SSSR count). The molecule has 0 aromatic rings. The standard InChI is InChI=1S/C11H19N/c1-10(2,3)9-11(4,5)7-6-8-12/h6-7H,9H2,1-5H3/b7-6+. The second-order valence-corrected chi connectivity index (χ2v) is 5.19. The van der Waals surface area contributed by atoms with Crippen molar-refractivity contribution in [2.75, 3.05) is 0 Å². The molecule has 68 valence electrons. The molecule has 0 heterocycles. The third kappa shape index (κ3) is 5.97. The first-order chi connectivity index (χ1) is 5.27. The lowest BCUT2D eigenvalue weighted by molar-refractivity contribution is 0.262. The molecule has 0 aliphatic carbocycles. The molecule has 1 heteroatoms. The molecule has 0 N–H and O–H groups in total. The van der Waals surface area contributed by atoms with Gasteiger partial charge in [0.1, 0.15) is 0 Å². The van der Waals surface area contributed by atoms with Crippen molar-refractivity contribution in [1.82, 2.24) is 0 Å². The zero-order valence-electron chi connectivity index (χ0n) is 8.81. The largest absolute Gasteiger partial charge is 0.193 e. The Morgan fingerprint density at radius 3 is 2.00 bits per heavy atom. The van der Waals surface area contributed by atoms with E-state index in [0.717, 1.165) is 6.42 Å². The summed E-state index contributed by atoms with van der Waals surface area (Å²) in [6.45, 7) is 11.0. The molecule has 0 saturated carbocycles. The summed E-state index contributed by atoms with van der Waals surface area (Å²) in [5, 5.41) is 8.39. The molecule has 0 unspecified atom stereocenters. The SMILES string of the molecule is CC(C)(C)CC(C)(C)/C=C/C#N. The predicted molar refractivity (Wildman–Crippen MR) is 52.6 cm³/mol. The second kappa shape index (κ2) is 3.76. The molecule has 0 bridgehead atoms. The fraction of sp³-hybridized carbons (Fsp3) is 0.727. The lowest BCUT2D eigenvalue weighted by Crippen LogP contribution is -2.18. The number of hydrogen-bond acceptors (Lipinski definition) is 1.